The summed E-state index contributed by atoms with van der Waals surface area (Å²) in [5.74, 6) is 0.194. The zero-order valence-electron chi connectivity index (χ0n) is 12.7. The Morgan fingerprint density at radius 2 is 1.91 bits per heavy atom. The van der Waals surface area contributed by atoms with Crippen molar-refractivity contribution in [3.05, 3.63) is 47.9 Å². The van der Waals surface area contributed by atoms with Crippen molar-refractivity contribution in [1.82, 2.24) is 9.97 Å². The molecule has 0 aliphatic carbocycles. The predicted molar refractivity (Wildman–Crippen MR) is 84.5 cm³/mol. The molecule has 0 fully saturated rings. The average molecular weight is 295 g/mol. The summed E-state index contributed by atoms with van der Waals surface area (Å²) in [6, 6.07) is 8.81. The molecule has 112 valence electrons. The van der Waals surface area contributed by atoms with Crippen LogP contribution in [0, 0.1) is 11.3 Å². The molecule has 0 saturated carbocycles. The number of benzene rings is 1. The van der Waals surface area contributed by atoms with Gasteiger partial charge in [-0.1, -0.05) is 12.1 Å². The number of carbonyl (C=O) groups excluding carboxylic acids is 1. The summed E-state index contributed by atoms with van der Waals surface area (Å²) in [4.78, 5) is 20.4. The number of para-hydroxylation sites is 1. The molecule has 0 bridgehead atoms. The Morgan fingerprint density at radius 3 is 2.50 bits per heavy atom. The number of hydrogen-bond donors (Lipinski definition) is 2. The van der Waals surface area contributed by atoms with E-state index in [1.54, 1.807) is 24.3 Å². The van der Waals surface area contributed by atoms with Gasteiger partial charge in [-0.15, -0.1) is 0 Å². The number of nitrogens with zero attached hydrogens (tertiary/aromatic N) is 3. The van der Waals surface area contributed by atoms with E-state index in [0.29, 0.717) is 17.1 Å². The van der Waals surface area contributed by atoms with Gasteiger partial charge < -0.3 is 10.6 Å². The highest BCUT2D eigenvalue weighted by Crippen LogP contribution is 2.15. The molecule has 2 N–H and O–H groups in total. The van der Waals surface area contributed by atoms with Crippen LogP contribution in [0.15, 0.2) is 36.7 Å². The monoisotopic (exact) mass is 295 g/mol. The molecule has 0 saturated heterocycles. The maximum Gasteiger partial charge on any atom is 0.275 e. The van der Waals surface area contributed by atoms with Gasteiger partial charge in [-0.3, -0.25) is 4.79 Å². The van der Waals surface area contributed by atoms with E-state index in [9.17, 15) is 4.79 Å². The van der Waals surface area contributed by atoms with Crippen LogP contribution in [0.25, 0.3) is 0 Å². The Bertz CT molecular complexity index is 711. The number of carbonyl (C=O) groups is 1. The molecule has 0 atom stereocenters. The first-order valence-corrected chi connectivity index (χ1v) is 6.80. The van der Waals surface area contributed by atoms with E-state index >= 15 is 0 Å². The van der Waals surface area contributed by atoms with E-state index in [0.717, 1.165) is 0 Å². The zero-order chi connectivity index (χ0) is 16.2. The molecule has 1 amide bonds. The quantitative estimate of drug-likeness (QED) is 0.908. The summed E-state index contributed by atoms with van der Waals surface area (Å²) < 4.78 is 0. The second-order valence-electron chi connectivity index (χ2n) is 5.77. The van der Waals surface area contributed by atoms with Gasteiger partial charge >= 0.3 is 0 Å². The lowest BCUT2D eigenvalue weighted by molar-refractivity contribution is 0.102. The van der Waals surface area contributed by atoms with Crippen molar-refractivity contribution >= 4 is 17.4 Å². The molecule has 2 rings (SSSR count). The summed E-state index contributed by atoms with van der Waals surface area (Å²) in [5, 5.41) is 14.8. The van der Waals surface area contributed by atoms with E-state index in [1.165, 1.54) is 12.4 Å². The molecule has 1 aromatic heterocycles. The standard InChI is InChI=1S/C16H17N5O/c1-16(2,3)21-14-10-18-13(9-19-14)15(22)20-12-7-5-4-6-11(12)8-17/h4-7,9-10H,1-3H3,(H,19,21)(H,20,22). The van der Waals surface area contributed by atoms with E-state index in [-0.39, 0.29) is 11.2 Å². The normalized spacial score (nSPS) is 10.6. The van der Waals surface area contributed by atoms with Crippen molar-refractivity contribution in [3.8, 4) is 6.07 Å². The van der Waals surface area contributed by atoms with E-state index < -0.39 is 5.91 Å². The number of rotatable bonds is 3. The first kappa shape index (κ1) is 15.4. The fraction of sp³-hybridized carbons (Fsp3) is 0.250. The van der Waals surface area contributed by atoms with Crippen LogP contribution >= 0.6 is 0 Å². The Morgan fingerprint density at radius 1 is 1.18 bits per heavy atom. The Labute approximate surface area is 129 Å². The minimum Gasteiger partial charge on any atom is -0.364 e. The molecule has 0 unspecified atom stereocenters. The third-order valence-electron chi connectivity index (χ3n) is 2.68. The third kappa shape index (κ3) is 4.03. The van der Waals surface area contributed by atoms with Crippen molar-refractivity contribution in [2.75, 3.05) is 10.6 Å². The second kappa shape index (κ2) is 6.22. The van der Waals surface area contributed by atoms with Crippen LogP contribution in [0.3, 0.4) is 0 Å². The van der Waals surface area contributed by atoms with Gasteiger partial charge in [0.1, 0.15) is 17.6 Å². The van der Waals surface area contributed by atoms with Crippen LogP contribution in [0.4, 0.5) is 11.5 Å². The van der Waals surface area contributed by atoms with Gasteiger partial charge in [-0.05, 0) is 32.9 Å². The smallest absolute Gasteiger partial charge is 0.275 e. The van der Waals surface area contributed by atoms with Crippen LogP contribution in [0.2, 0.25) is 0 Å². The van der Waals surface area contributed by atoms with Crippen molar-refractivity contribution < 1.29 is 4.79 Å². The van der Waals surface area contributed by atoms with Crippen LogP contribution < -0.4 is 10.6 Å². The number of nitriles is 1. The molecule has 22 heavy (non-hydrogen) atoms. The summed E-state index contributed by atoms with van der Waals surface area (Å²) in [6.45, 7) is 6.02. The van der Waals surface area contributed by atoms with Crippen molar-refractivity contribution in [1.29, 1.82) is 5.26 Å². The van der Waals surface area contributed by atoms with Gasteiger partial charge in [0, 0.05) is 5.54 Å². The van der Waals surface area contributed by atoms with Crippen LogP contribution in [0.1, 0.15) is 36.8 Å². The molecular formula is C16H17N5O. The Kier molecular flexibility index (Phi) is 4.37. The zero-order valence-corrected chi connectivity index (χ0v) is 12.7. The van der Waals surface area contributed by atoms with Gasteiger partial charge in [0.15, 0.2) is 0 Å². The van der Waals surface area contributed by atoms with Crippen LogP contribution in [0.5, 0.6) is 0 Å². The summed E-state index contributed by atoms with van der Waals surface area (Å²) >= 11 is 0. The van der Waals surface area contributed by atoms with Crippen molar-refractivity contribution in [2.24, 2.45) is 0 Å². The highest BCUT2D eigenvalue weighted by atomic mass is 16.1. The SMILES string of the molecule is CC(C)(C)Nc1cnc(C(=O)Nc2ccccc2C#N)cn1. The fourth-order valence-corrected chi connectivity index (χ4v) is 1.77. The lowest BCUT2D eigenvalue weighted by atomic mass is 10.1. The van der Waals surface area contributed by atoms with E-state index in [4.69, 9.17) is 5.26 Å². The maximum absolute atomic E-state index is 12.1. The molecule has 6 nitrogen and oxygen atoms in total. The lowest BCUT2D eigenvalue weighted by Crippen LogP contribution is -2.27. The van der Waals surface area contributed by atoms with Crippen LogP contribution in [-0.2, 0) is 0 Å². The molecule has 2 aromatic rings. The summed E-state index contributed by atoms with van der Waals surface area (Å²) in [5.41, 5.74) is 0.903. The van der Waals surface area contributed by atoms with Crippen molar-refractivity contribution in [2.45, 2.75) is 26.3 Å². The van der Waals surface area contributed by atoms with Gasteiger partial charge in [0.05, 0.1) is 23.6 Å². The van der Waals surface area contributed by atoms with Gasteiger partial charge in [0.25, 0.3) is 5.91 Å². The van der Waals surface area contributed by atoms with E-state index in [1.807, 2.05) is 26.8 Å². The Balaban J connectivity index is 2.12. The molecule has 6 heteroatoms. The molecule has 0 aliphatic rings. The molecule has 1 heterocycles. The van der Waals surface area contributed by atoms with Crippen LogP contribution in [-0.4, -0.2) is 21.4 Å². The third-order valence-corrected chi connectivity index (χ3v) is 2.68. The molecular weight excluding hydrogens is 278 g/mol. The fourth-order valence-electron chi connectivity index (χ4n) is 1.77. The molecule has 0 radical (unpaired) electrons. The van der Waals surface area contributed by atoms with Gasteiger partial charge in [-0.2, -0.15) is 5.26 Å². The number of anilines is 2. The highest BCUT2D eigenvalue weighted by Gasteiger charge is 2.13. The minimum absolute atomic E-state index is 0.135. The molecule has 1 aromatic carbocycles. The van der Waals surface area contributed by atoms with Gasteiger partial charge in [-0.25, -0.2) is 9.97 Å². The minimum atomic E-state index is -0.405. The number of amides is 1. The predicted octanol–water partition coefficient (Wildman–Crippen LogP) is 2.81. The topological polar surface area (TPSA) is 90.7 Å². The molecule has 0 spiro atoms. The number of aromatic nitrogens is 2. The summed E-state index contributed by atoms with van der Waals surface area (Å²) in [6.07, 6.45) is 2.91. The highest BCUT2D eigenvalue weighted by molar-refractivity contribution is 6.03. The van der Waals surface area contributed by atoms with Gasteiger partial charge in [0.2, 0.25) is 0 Å². The Hall–Kier alpha value is -2.94. The summed E-state index contributed by atoms with van der Waals surface area (Å²) in [7, 11) is 0. The first-order valence-electron chi connectivity index (χ1n) is 6.80. The first-order chi connectivity index (χ1) is 10.4. The number of nitrogens with one attached hydrogen (secondary N) is 2. The molecule has 0 aliphatic heterocycles. The maximum atomic E-state index is 12.1. The largest absolute Gasteiger partial charge is 0.364 e. The van der Waals surface area contributed by atoms with Crippen molar-refractivity contribution in [3.63, 3.8) is 0 Å². The number of hydrogen-bond acceptors (Lipinski definition) is 5. The second-order valence-corrected chi connectivity index (χ2v) is 5.77. The lowest BCUT2D eigenvalue weighted by Gasteiger charge is -2.20. The average Bonchev–Trinajstić information content (AvgIpc) is 2.47. The van der Waals surface area contributed by atoms with E-state index in [2.05, 4.69) is 20.6 Å².